The fourth-order valence-electron chi connectivity index (χ4n) is 4.25. The Morgan fingerprint density at radius 1 is 0.969 bits per heavy atom. The van der Waals surface area contributed by atoms with Crippen molar-refractivity contribution in [3.05, 3.63) is 71.9 Å². The van der Waals surface area contributed by atoms with E-state index in [-0.39, 0.29) is 17.7 Å². The van der Waals surface area contributed by atoms with Crippen LogP contribution >= 0.6 is 0 Å². The Morgan fingerprint density at radius 3 is 2.38 bits per heavy atom. The first-order valence-electron chi connectivity index (χ1n) is 11.4. The third kappa shape index (κ3) is 5.19. The molecule has 1 fully saturated rings. The summed E-state index contributed by atoms with van der Waals surface area (Å²) in [5, 5.41) is 4.10. The van der Waals surface area contributed by atoms with E-state index in [4.69, 9.17) is 0 Å². The molecule has 32 heavy (non-hydrogen) atoms. The van der Waals surface area contributed by atoms with E-state index in [1.54, 1.807) is 0 Å². The van der Waals surface area contributed by atoms with Gasteiger partial charge in [0.05, 0.1) is 0 Å². The number of piperazine rings is 1. The molecule has 1 aliphatic rings. The zero-order valence-electron chi connectivity index (χ0n) is 18.9. The molecule has 6 nitrogen and oxygen atoms in total. The van der Waals surface area contributed by atoms with Gasteiger partial charge in [-0.05, 0) is 17.2 Å². The van der Waals surface area contributed by atoms with Crippen LogP contribution in [0.25, 0.3) is 10.9 Å². The Morgan fingerprint density at radius 2 is 1.66 bits per heavy atom. The molecule has 6 heteroatoms. The van der Waals surface area contributed by atoms with Gasteiger partial charge in [0, 0.05) is 62.2 Å². The molecule has 0 saturated carbocycles. The molecule has 0 bridgehead atoms. The lowest BCUT2D eigenvalue weighted by Gasteiger charge is -2.36. The van der Waals surface area contributed by atoms with Crippen LogP contribution in [0.15, 0.2) is 60.8 Å². The third-order valence-electron chi connectivity index (χ3n) is 6.17. The second-order valence-corrected chi connectivity index (χ2v) is 8.87. The Hall–Kier alpha value is -3.12. The number of carbonyl (C=O) groups is 2. The van der Waals surface area contributed by atoms with E-state index in [0.29, 0.717) is 19.5 Å². The summed E-state index contributed by atoms with van der Waals surface area (Å²) in [4.78, 5) is 33.5. The number of rotatable bonds is 7. The van der Waals surface area contributed by atoms with Crippen LogP contribution in [0.4, 0.5) is 0 Å². The highest BCUT2D eigenvalue weighted by Gasteiger charge is 2.30. The Kier molecular flexibility index (Phi) is 6.90. The molecule has 2 N–H and O–H groups in total. The number of para-hydroxylation sites is 1. The van der Waals surface area contributed by atoms with Crippen molar-refractivity contribution >= 4 is 22.7 Å². The minimum Gasteiger partial charge on any atom is -0.361 e. The van der Waals surface area contributed by atoms with Crippen molar-refractivity contribution in [3.63, 3.8) is 0 Å². The van der Waals surface area contributed by atoms with Crippen LogP contribution in [-0.2, 0) is 22.6 Å². The van der Waals surface area contributed by atoms with Crippen LogP contribution in [0.5, 0.6) is 0 Å². The molecule has 2 aromatic carbocycles. The fourth-order valence-corrected chi connectivity index (χ4v) is 4.25. The maximum absolute atomic E-state index is 13.5. The van der Waals surface area contributed by atoms with Crippen molar-refractivity contribution in [1.29, 1.82) is 0 Å². The molecule has 1 aromatic heterocycles. The molecule has 0 aliphatic carbocycles. The maximum Gasteiger partial charge on any atom is 0.245 e. The molecule has 3 aromatic rings. The summed E-state index contributed by atoms with van der Waals surface area (Å²) in [7, 11) is 0. The molecule has 0 spiro atoms. The van der Waals surface area contributed by atoms with Crippen molar-refractivity contribution in [2.75, 3.05) is 26.2 Å². The normalized spacial score (nSPS) is 15.8. The van der Waals surface area contributed by atoms with Crippen LogP contribution in [0, 0.1) is 5.92 Å². The molecule has 168 valence electrons. The van der Waals surface area contributed by atoms with Crippen LogP contribution in [-0.4, -0.2) is 58.8 Å². The molecule has 1 atom stereocenters. The predicted molar refractivity (Wildman–Crippen MR) is 127 cm³/mol. The van der Waals surface area contributed by atoms with Gasteiger partial charge in [0.1, 0.15) is 6.04 Å². The number of carbonyl (C=O) groups excluding carboxylic acids is 2. The minimum absolute atomic E-state index is 0.00337. The predicted octanol–water partition coefficient (Wildman–Crippen LogP) is 3.20. The van der Waals surface area contributed by atoms with Crippen molar-refractivity contribution in [2.45, 2.75) is 32.9 Å². The van der Waals surface area contributed by atoms with Gasteiger partial charge in [0.15, 0.2) is 0 Å². The number of fused-ring (bicyclic) bond motifs is 1. The zero-order chi connectivity index (χ0) is 22.5. The van der Waals surface area contributed by atoms with Gasteiger partial charge in [-0.2, -0.15) is 0 Å². The SMILES string of the molecule is CC(C)C(=O)NC(Cc1c[nH]c2ccccc12)C(=O)N1CCN(Cc2ccccc2)CC1. The van der Waals surface area contributed by atoms with Crippen molar-refractivity contribution in [3.8, 4) is 0 Å². The summed E-state index contributed by atoms with van der Waals surface area (Å²) in [5.41, 5.74) is 3.37. The molecule has 2 amide bonds. The molecule has 1 unspecified atom stereocenters. The number of H-pyrrole nitrogens is 1. The van der Waals surface area contributed by atoms with E-state index >= 15 is 0 Å². The van der Waals surface area contributed by atoms with Gasteiger partial charge in [-0.3, -0.25) is 14.5 Å². The monoisotopic (exact) mass is 432 g/mol. The lowest BCUT2D eigenvalue weighted by molar-refractivity contribution is -0.138. The van der Waals surface area contributed by atoms with Crippen LogP contribution < -0.4 is 5.32 Å². The molecule has 1 aliphatic heterocycles. The summed E-state index contributed by atoms with van der Waals surface area (Å²) < 4.78 is 0. The number of nitrogens with one attached hydrogen (secondary N) is 2. The topological polar surface area (TPSA) is 68.4 Å². The van der Waals surface area contributed by atoms with Gasteiger partial charge >= 0.3 is 0 Å². The van der Waals surface area contributed by atoms with E-state index in [1.165, 1.54) is 5.56 Å². The highest BCUT2D eigenvalue weighted by molar-refractivity contribution is 5.90. The van der Waals surface area contributed by atoms with E-state index in [1.807, 2.05) is 49.2 Å². The average Bonchev–Trinajstić information content (AvgIpc) is 3.22. The van der Waals surface area contributed by atoms with Gasteiger partial charge in [0.2, 0.25) is 11.8 Å². The van der Waals surface area contributed by atoms with Crippen molar-refractivity contribution < 1.29 is 9.59 Å². The Bertz CT molecular complexity index is 1050. The van der Waals surface area contributed by atoms with Crippen LogP contribution in [0.2, 0.25) is 0 Å². The smallest absolute Gasteiger partial charge is 0.245 e. The minimum atomic E-state index is -0.565. The van der Waals surface area contributed by atoms with Crippen molar-refractivity contribution in [1.82, 2.24) is 20.1 Å². The van der Waals surface area contributed by atoms with Gasteiger partial charge in [-0.1, -0.05) is 62.4 Å². The van der Waals surface area contributed by atoms with E-state index < -0.39 is 6.04 Å². The van der Waals surface area contributed by atoms with Crippen LogP contribution in [0.3, 0.4) is 0 Å². The summed E-state index contributed by atoms with van der Waals surface area (Å²) >= 11 is 0. The number of hydrogen-bond acceptors (Lipinski definition) is 3. The molecule has 2 heterocycles. The molecule has 4 rings (SSSR count). The maximum atomic E-state index is 13.5. The number of amides is 2. The second kappa shape index (κ2) is 10.0. The third-order valence-corrected chi connectivity index (χ3v) is 6.17. The van der Waals surface area contributed by atoms with Gasteiger partial charge in [-0.25, -0.2) is 0 Å². The summed E-state index contributed by atoms with van der Waals surface area (Å²) in [6.45, 7) is 7.61. The average molecular weight is 433 g/mol. The largest absolute Gasteiger partial charge is 0.361 e. The number of benzene rings is 2. The number of aromatic amines is 1. The summed E-state index contributed by atoms with van der Waals surface area (Å²) in [6, 6.07) is 17.9. The first-order chi connectivity index (χ1) is 15.5. The number of hydrogen-bond donors (Lipinski definition) is 2. The highest BCUT2D eigenvalue weighted by Crippen LogP contribution is 2.20. The number of nitrogens with zero attached hydrogens (tertiary/aromatic N) is 2. The highest BCUT2D eigenvalue weighted by atomic mass is 16.2. The second-order valence-electron chi connectivity index (χ2n) is 8.87. The molecule has 1 saturated heterocycles. The summed E-state index contributed by atoms with van der Waals surface area (Å²) in [5.74, 6) is -0.259. The standard InChI is InChI=1S/C26H32N4O2/c1-19(2)25(31)28-24(16-21-17-27-23-11-7-6-10-22(21)23)26(32)30-14-12-29(13-15-30)18-20-8-4-3-5-9-20/h3-11,17,19,24,27H,12-16,18H2,1-2H3,(H,28,31). The first-order valence-corrected chi connectivity index (χ1v) is 11.4. The van der Waals surface area contributed by atoms with Crippen LogP contribution in [0.1, 0.15) is 25.0 Å². The lowest BCUT2D eigenvalue weighted by atomic mass is 10.0. The number of aromatic nitrogens is 1. The fraction of sp³-hybridized carbons (Fsp3) is 0.385. The molecular formula is C26H32N4O2. The van der Waals surface area contributed by atoms with E-state index in [0.717, 1.165) is 36.1 Å². The lowest BCUT2D eigenvalue weighted by Crippen LogP contribution is -2.55. The quantitative estimate of drug-likeness (QED) is 0.603. The van der Waals surface area contributed by atoms with Gasteiger partial charge in [0.25, 0.3) is 0 Å². The summed E-state index contributed by atoms with van der Waals surface area (Å²) in [6.07, 6.45) is 2.43. The van der Waals surface area contributed by atoms with Gasteiger partial charge in [-0.15, -0.1) is 0 Å². The first kappa shape index (κ1) is 22.1. The van der Waals surface area contributed by atoms with E-state index in [9.17, 15) is 9.59 Å². The zero-order valence-corrected chi connectivity index (χ0v) is 18.9. The van der Waals surface area contributed by atoms with Crippen molar-refractivity contribution in [2.24, 2.45) is 5.92 Å². The Labute approximate surface area is 189 Å². The van der Waals surface area contributed by atoms with Gasteiger partial charge < -0.3 is 15.2 Å². The Balaban J connectivity index is 1.43. The molecule has 0 radical (unpaired) electrons. The van der Waals surface area contributed by atoms with E-state index in [2.05, 4.69) is 45.5 Å². The molecular weight excluding hydrogens is 400 g/mol.